The van der Waals surface area contributed by atoms with Gasteiger partial charge in [0.15, 0.2) is 5.13 Å². The summed E-state index contributed by atoms with van der Waals surface area (Å²) in [6.45, 7) is 2.35. The van der Waals surface area contributed by atoms with Gasteiger partial charge in [-0.05, 0) is 12.3 Å². The van der Waals surface area contributed by atoms with Crippen LogP contribution in [0.25, 0.3) is 0 Å². The molecule has 0 spiro atoms. The number of thiazole rings is 1. The van der Waals surface area contributed by atoms with E-state index in [0.717, 1.165) is 6.42 Å². The molecule has 0 radical (unpaired) electrons. The topological polar surface area (TPSA) is 96.5 Å². The zero-order chi connectivity index (χ0) is 13.3. The Morgan fingerprint density at radius 3 is 2.94 bits per heavy atom. The van der Waals surface area contributed by atoms with Gasteiger partial charge in [0.2, 0.25) is 5.91 Å². The number of nitrogens with zero attached hydrogens (tertiary/aromatic N) is 2. The molecule has 98 valence electrons. The van der Waals surface area contributed by atoms with E-state index in [0.29, 0.717) is 17.4 Å². The van der Waals surface area contributed by atoms with Gasteiger partial charge >= 0.3 is 5.97 Å². The average molecular weight is 269 g/mol. The molecule has 6 nitrogen and oxygen atoms in total. The Kier molecular flexibility index (Phi) is 3.51. The molecule has 1 amide bonds. The van der Waals surface area contributed by atoms with Crippen LogP contribution in [-0.4, -0.2) is 39.5 Å². The van der Waals surface area contributed by atoms with Crippen molar-refractivity contribution in [3.63, 3.8) is 0 Å². The second-order valence-electron chi connectivity index (χ2n) is 4.49. The summed E-state index contributed by atoms with van der Waals surface area (Å²) >= 11 is 1.28. The molecule has 0 aromatic carbocycles. The molecule has 1 aromatic heterocycles. The van der Waals surface area contributed by atoms with Gasteiger partial charge in [-0.3, -0.25) is 4.79 Å². The molecule has 1 aromatic rings. The molecule has 3 N–H and O–H groups in total. The summed E-state index contributed by atoms with van der Waals surface area (Å²) in [7, 11) is 0. The van der Waals surface area contributed by atoms with Crippen molar-refractivity contribution < 1.29 is 14.7 Å². The minimum Gasteiger partial charge on any atom is -0.480 e. The van der Waals surface area contributed by atoms with Crippen molar-refractivity contribution in [1.82, 2.24) is 9.88 Å². The highest BCUT2D eigenvalue weighted by Crippen LogP contribution is 2.25. The molecule has 2 atom stereocenters. The van der Waals surface area contributed by atoms with Crippen molar-refractivity contribution in [1.29, 1.82) is 0 Å². The molecule has 1 aliphatic heterocycles. The molecule has 0 bridgehead atoms. The van der Waals surface area contributed by atoms with Crippen molar-refractivity contribution in [2.24, 2.45) is 5.92 Å². The van der Waals surface area contributed by atoms with E-state index in [2.05, 4.69) is 4.98 Å². The molecule has 2 heterocycles. The Morgan fingerprint density at radius 2 is 2.39 bits per heavy atom. The van der Waals surface area contributed by atoms with Crippen LogP contribution in [0.4, 0.5) is 5.13 Å². The lowest BCUT2D eigenvalue weighted by atomic mass is 10.0. The second-order valence-corrected chi connectivity index (χ2v) is 5.38. The van der Waals surface area contributed by atoms with Crippen molar-refractivity contribution in [3.05, 3.63) is 11.1 Å². The van der Waals surface area contributed by atoms with E-state index in [-0.39, 0.29) is 18.2 Å². The van der Waals surface area contributed by atoms with Crippen LogP contribution in [0.5, 0.6) is 0 Å². The molecule has 0 aliphatic carbocycles. The lowest BCUT2D eigenvalue weighted by Gasteiger charge is -2.23. The molecular weight excluding hydrogens is 254 g/mol. The number of carbonyl (C=O) groups excluding carboxylic acids is 1. The number of aliphatic carboxylic acids is 1. The number of rotatable bonds is 3. The van der Waals surface area contributed by atoms with E-state index in [1.165, 1.54) is 16.2 Å². The Labute approximate surface area is 108 Å². The largest absolute Gasteiger partial charge is 0.480 e. The van der Waals surface area contributed by atoms with Gasteiger partial charge in [0, 0.05) is 11.9 Å². The molecule has 18 heavy (non-hydrogen) atoms. The van der Waals surface area contributed by atoms with E-state index in [1.54, 1.807) is 5.38 Å². The molecule has 1 aliphatic rings. The number of aromatic nitrogens is 1. The highest BCUT2D eigenvalue weighted by atomic mass is 32.1. The Morgan fingerprint density at radius 1 is 1.67 bits per heavy atom. The van der Waals surface area contributed by atoms with E-state index in [1.807, 2.05) is 6.92 Å². The van der Waals surface area contributed by atoms with Crippen LogP contribution >= 0.6 is 11.3 Å². The van der Waals surface area contributed by atoms with Crippen LogP contribution in [0.2, 0.25) is 0 Å². The summed E-state index contributed by atoms with van der Waals surface area (Å²) in [4.78, 5) is 28.7. The Balaban J connectivity index is 2.07. The van der Waals surface area contributed by atoms with E-state index in [9.17, 15) is 9.59 Å². The number of carbonyl (C=O) groups is 2. The lowest BCUT2D eigenvalue weighted by molar-refractivity contribution is -0.149. The SMILES string of the molecule is CC1CCN(C(=O)Cc2csc(N)n2)C1C(=O)O. The number of anilines is 1. The van der Waals surface area contributed by atoms with Gasteiger partial charge in [-0.15, -0.1) is 11.3 Å². The first kappa shape index (κ1) is 12.8. The molecule has 2 rings (SSSR count). The molecule has 1 fully saturated rings. The number of nitrogens with two attached hydrogens (primary N) is 1. The first-order valence-corrected chi connectivity index (χ1v) is 6.59. The minimum absolute atomic E-state index is 0.00745. The van der Waals surface area contributed by atoms with Crippen LogP contribution in [0.15, 0.2) is 5.38 Å². The number of nitrogen functional groups attached to an aromatic ring is 1. The summed E-state index contributed by atoms with van der Waals surface area (Å²) in [6.07, 6.45) is 0.839. The molecule has 0 saturated carbocycles. The van der Waals surface area contributed by atoms with Crippen molar-refractivity contribution >= 4 is 28.3 Å². The van der Waals surface area contributed by atoms with E-state index >= 15 is 0 Å². The predicted molar refractivity (Wildman–Crippen MR) is 67.1 cm³/mol. The highest BCUT2D eigenvalue weighted by molar-refractivity contribution is 7.13. The maximum atomic E-state index is 12.1. The molecule has 2 unspecified atom stereocenters. The second kappa shape index (κ2) is 4.93. The standard InChI is InChI=1S/C11H15N3O3S/c1-6-2-3-14(9(6)10(16)17)8(15)4-7-5-18-11(12)13-7/h5-6,9H,2-4H2,1H3,(H2,12,13)(H,16,17). The van der Waals surface area contributed by atoms with Crippen LogP contribution in [0.3, 0.4) is 0 Å². The average Bonchev–Trinajstić information content (AvgIpc) is 2.84. The third kappa shape index (κ3) is 2.45. The van der Waals surface area contributed by atoms with Crippen LogP contribution in [0.1, 0.15) is 19.0 Å². The van der Waals surface area contributed by atoms with Gasteiger partial charge in [0.25, 0.3) is 0 Å². The van der Waals surface area contributed by atoms with Gasteiger partial charge in [0.05, 0.1) is 12.1 Å². The fourth-order valence-corrected chi connectivity index (χ4v) is 2.83. The summed E-state index contributed by atoms with van der Waals surface area (Å²) in [5.74, 6) is -1.14. The van der Waals surface area contributed by atoms with Crippen molar-refractivity contribution in [3.8, 4) is 0 Å². The van der Waals surface area contributed by atoms with Gasteiger partial charge in [-0.25, -0.2) is 9.78 Å². The van der Waals surface area contributed by atoms with Gasteiger partial charge < -0.3 is 15.7 Å². The first-order chi connectivity index (χ1) is 8.49. The summed E-state index contributed by atoms with van der Waals surface area (Å²) in [5.41, 5.74) is 6.10. The van der Waals surface area contributed by atoms with E-state index in [4.69, 9.17) is 10.8 Å². The smallest absolute Gasteiger partial charge is 0.326 e. The van der Waals surface area contributed by atoms with Gasteiger partial charge in [-0.2, -0.15) is 0 Å². The lowest BCUT2D eigenvalue weighted by Crippen LogP contribution is -2.43. The van der Waals surface area contributed by atoms with Crippen LogP contribution in [-0.2, 0) is 16.0 Å². The molecular formula is C11H15N3O3S. The summed E-state index contributed by atoms with van der Waals surface area (Å²) in [6, 6.07) is -0.714. The maximum Gasteiger partial charge on any atom is 0.326 e. The summed E-state index contributed by atoms with van der Waals surface area (Å²) in [5, 5.41) is 11.3. The monoisotopic (exact) mass is 269 g/mol. The van der Waals surface area contributed by atoms with Gasteiger partial charge in [0.1, 0.15) is 6.04 Å². The quantitative estimate of drug-likeness (QED) is 0.837. The fraction of sp³-hybridized carbons (Fsp3) is 0.545. The number of likely N-dealkylation sites (tertiary alicyclic amines) is 1. The third-order valence-corrected chi connectivity index (χ3v) is 3.90. The van der Waals surface area contributed by atoms with Crippen LogP contribution in [0, 0.1) is 5.92 Å². The number of amides is 1. The Bertz CT molecular complexity index is 474. The number of hydrogen-bond donors (Lipinski definition) is 2. The zero-order valence-corrected chi connectivity index (χ0v) is 10.8. The maximum absolute atomic E-state index is 12.1. The molecule has 7 heteroatoms. The first-order valence-electron chi connectivity index (χ1n) is 5.71. The minimum atomic E-state index is -0.939. The normalized spacial score (nSPS) is 23.3. The van der Waals surface area contributed by atoms with Crippen molar-refractivity contribution in [2.75, 3.05) is 12.3 Å². The number of carboxylic acid groups (broad SMARTS) is 1. The van der Waals surface area contributed by atoms with Gasteiger partial charge in [-0.1, -0.05) is 6.92 Å². The fourth-order valence-electron chi connectivity index (χ4n) is 2.26. The van der Waals surface area contributed by atoms with Crippen LogP contribution < -0.4 is 5.73 Å². The molecule has 1 saturated heterocycles. The predicted octanol–water partition coefficient (Wildman–Crippen LogP) is 0.589. The highest BCUT2D eigenvalue weighted by Gasteiger charge is 2.39. The number of hydrogen-bond acceptors (Lipinski definition) is 5. The number of carboxylic acids is 1. The Hall–Kier alpha value is -1.63. The van der Waals surface area contributed by atoms with Crippen molar-refractivity contribution in [2.45, 2.75) is 25.8 Å². The summed E-state index contributed by atoms with van der Waals surface area (Å²) < 4.78 is 0. The van der Waals surface area contributed by atoms with E-state index < -0.39 is 12.0 Å². The third-order valence-electron chi connectivity index (χ3n) is 3.18. The zero-order valence-electron chi connectivity index (χ0n) is 10.00.